The number of nitrogens with zero attached hydrogens (tertiary/aromatic N) is 4. The summed E-state index contributed by atoms with van der Waals surface area (Å²) in [5.74, 6) is 0.904. The maximum absolute atomic E-state index is 9.35. The van der Waals surface area contributed by atoms with Crippen LogP contribution in [0, 0.1) is 18.3 Å². The molecule has 128 valence electrons. The van der Waals surface area contributed by atoms with Crippen molar-refractivity contribution in [3.63, 3.8) is 0 Å². The van der Waals surface area contributed by atoms with Crippen LogP contribution in [-0.4, -0.2) is 14.5 Å². The molecule has 26 heavy (non-hydrogen) atoms. The molecule has 0 amide bonds. The van der Waals surface area contributed by atoms with Crippen LogP contribution >= 0.6 is 15.9 Å². The molecular weight excluding hydrogens is 388 g/mol. The first-order valence-corrected chi connectivity index (χ1v) is 9.15. The number of pyridine rings is 1. The Morgan fingerprint density at radius 2 is 1.81 bits per heavy atom. The summed E-state index contributed by atoms with van der Waals surface area (Å²) in [7, 11) is 0. The van der Waals surface area contributed by atoms with E-state index >= 15 is 0 Å². The average molecular weight is 405 g/mol. The molecule has 0 aliphatic rings. The van der Waals surface area contributed by atoms with E-state index in [0.29, 0.717) is 0 Å². The number of fused-ring (bicyclic) bond motifs is 3. The number of hydrogen-bond acceptors (Lipinski definition) is 3. The van der Waals surface area contributed by atoms with Crippen molar-refractivity contribution in [3.05, 3.63) is 64.5 Å². The van der Waals surface area contributed by atoms with Gasteiger partial charge in [0.15, 0.2) is 0 Å². The van der Waals surface area contributed by atoms with Gasteiger partial charge in [0.05, 0.1) is 28.7 Å². The minimum absolute atomic E-state index is 0.508. The molecule has 4 aromatic rings. The lowest BCUT2D eigenvalue weighted by Gasteiger charge is -2.17. The third-order valence-electron chi connectivity index (χ3n) is 4.74. The molecule has 2 heterocycles. The number of aryl methyl sites for hydroxylation is 1. The van der Waals surface area contributed by atoms with Crippen molar-refractivity contribution in [1.82, 2.24) is 14.5 Å². The highest BCUT2D eigenvalue weighted by Gasteiger charge is 2.20. The molecule has 0 N–H and O–H groups in total. The highest BCUT2D eigenvalue weighted by molar-refractivity contribution is 9.10. The van der Waals surface area contributed by atoms with Gasteiger partial charge >= 0.3 is 0 Å². The summed E-state index contributed by atoms with van der Waals surface area (Å²) in [4.78, 5) is 9.21. The van der Waals surface area contributed by atoms with Gasteiger partial charge in [0.25, 0.3) is 0 Å². The van der Waals surface area contributed by atoms with Crippen LogP contribution in [0.5, 0.6) is 0 Å². The molecule has 0 radical (unpaired) electrons. The summed E-state index contributed by atoms with van der Waals surface area (Å²) in [6.45, 7) is 5.85. The van der Waals surface area contributed by atoms with E-state index in [0.717, 1.165) is 43.5 Å². The second-order valence-electron chi connectivity index (χ2n) is 6.93. The van der Waals surface area contributed by atoms with Crippen LogP contribution in [0.2, 0.25) is 0 Å². The maximum Gasteiger partial charge on any atom is 0.111 e. The minimum atomic E-state index is -0.508. The van der Waals surface area contributed by atoms with Gasteiger partial charge in [-0.1, -0.05) is 28.1 Å². The van der Waals surface area contributed by atoms with Crippen LogP contribution in [0.3, 0.4) is 0 Å². The Kier molecular flexibility index (Phi) is 3.82. The van der Waals surface area contributed by atoms with E-state index in [1.807, 2.05) is 63.4 Å². The molecule has 5 heteroatoms. The Morgan fingerprint density at radius 3 is 2.50 bits per heavy atom. The maximum atomic E-state index is 9.35. The molecule has 4 nitrogen and oxygen atoms in total. The van der Waals surface area contributed by atoms with Crippen molar-refractivity contribution < 1.29 is 0 Å². The van der Waals surface area contributed by atoms with Gasteiger partial charge in [-0.25, -0.2) is 4.98 Å². The predicted octanol–water partition coefficient (Wildman–Crippen LogP) is 5.45. The lowest BCUT2D eigenvalue weighted by Crippen LogP contribution is -2.13. The molecule has 0 unspecified atom stereocenters. The molecule has 0 atom stereocenters. The molecule has 4 rings (SSSR count). The van der Waals surface area contributed by atoms with Crippen LogP contribution in [0.4, 0.5) is 0 Å². The minimum Gasteiger partial charge on any atom is -0.296 e. The Labute approximate surface area is 160 Å². The van der Waals surface area contributed by atoms with Crippen molar-refractivity contribution in [1.29, 1.82) is 5.26 Å². The molecule has 0 fully saturated rings. The van der Waals surface area contributed by atoms with E-state index in [2.05, 4.69) is 42.6 Å². The molecule has 0 spiro atoms. The number of imidazole rings is 1. The summed E-state index contributed by atoms with van der Waals surface area (Å²) < 4.78 is 3.16. The first-order chi connectivity index (χ1) is 12.4. The molecule has 0 aliphatic heterocycles. The first-order valence-electron chi connectivity index (χ1n) is 8.36. The second kappa shape index (κ2) is 5.93. The zero-order valence-electron chi connectivity index (χ0n) is 14.8. The molecule has 0 bridgehead atoms. The topological polar surface area (TPSA) is 54.5 Å². The number of nitriles is 1. The summed E-state index contributed by atoms with van der Waals surface area (Å²) in [5, 5.41) is 10.4. The summed E-state index contributed by atoms with van der Waals surface area (Å²) in [6.07, 6.45) is 1.82. The van der Waals surface area contributed by atoms with Crippen molar-refractivity contribution in [2.45, 2.75) is 26.2 Å². The molecule has 0 aliphatic carbocycles. The van der Waals surface area contributed by atoms with Crippen LogP contribution < -0.4 is 0 Å². The van der Waals surface area contributed by atoms with Crippen LogP contribution in [-0.2, 0) is 5.41 Å². The van der Waals surface area contributed by atoms with Gasteiger partial charge < -0.3 is 0 Å². The highest BCUT2D eigenvalue weighted by Crippen LogP contribution is 2.30. The zero-order valence-corrected chi connectivity index (χ0v) is 16.4. The Morgan fingerprint density at radius 1 is 1.08 bits per heavy atom. The van der Waals surface area contributed by atoms with Gasteiger partial charge in [-0.3, -0.25) is 9.55 Å². The molecule has 0 saturated carbocycles. The fraction of sp³-hybridized carbons (Fsp3) is 0.190. The smallest absolute Gasteiger partial charge is 0.111 e. The molecular formula is C21H17BrN4. The van der Waals surface area contributed by atoms with Gasteiger partial charge in [0.2, 0.25) is 0 Å². The summed E-state index contributed by atoms with van der Waals surface area (Å²) in [6, 6.07) is 16.6. The lowest BCUT2D eigenvalue weighted by molar-refractivity contribution is 0.686. The second-order valence-corrected chi connectivity index (χ2v) is 7.85. The highest BCUT2D eigenvalue weighted by atomic mass is 79.9. The SMILES string of the molecule is Cc1nc2cnc3ccc(Br)cc3c2n1-c1ccc(C(C)(C)C#N)cc1. The van der Waals surface area contributed by atoms with Crippen molar-refractivity contribution in [2.75, 3.05) is 0 Å². The number of rotatable bonds is 2. The predicted molar refractivity (Wildman–Crippen MR) is 107 cm³/mol. The summed E-state index contributed by atoms with van der Waals surface area (Å²) in [5.41, 5.74) is 4.36. The van der Waals surface area contributed by atoms with Gasteiger partial charge in [-0.2, -0.15) is 5.26 Å². The van der Waals surface area contributed by atoms with E-state index in [-0.39, 0.29) is 0 Å². The first kappa shape index (κ1) is 16.7. The third kappa shape index (κ3) is 2.58. The van der Waals surface area contributed by atoms with E-state index < -0.39 is 5.41 Å². The van der Waals surface area contributed by atoms with Gasteiger partial charge in [-0.15, -0.1) is 0 Å². The standard InChI is InChI=1S/C21H17BrN4/c1-13-25-19-11-24-18-9-6-15(22)10-17(18)20(19)26(13)16-7-4-14(5-8-16)21(2,3)12-23/h4-11H,1-3H3. The van der Waals surface area contributed by atoms with Crippen LogP contribution in [0.1, 0.15) is 25.2 Å². The van der Waals surface area contributed by atoms with Crippen molar-refractivity contribution in [3.8, 4) is 11.8 Å². The fourth-order valence-electron chi connectivity index (χ4n) is 3.25. The fourth-order valence-corrected chi connectivity index (χ4v) is 3.61. The lowest BCUT2D eigenvalue weighted by atomic mass is 9.86. The quantitative estimate of drug-likeness (QED) is 0.446. The van der Waals surface area contributed by atoms with E-state index in [1.165, 1.54) is 0 Å². The summed E-state index contributed by atoms with van der Waals surface area (Å²) >= 11 is 3.56. The van der Waals surface area contributed by atoms with E-state index in [1.54, 1.807) is 0 Å². The average Bonchev–Trinajstić information content (AvgIpc) is 2.98. The Bertz CT molecular complexity index is 1180. The van der Waals surface area contributed by atoms with Gasteiger partial charge in [0, 0.05) is 15.5 Å². The Hall–Kier alpha value is -2.71. The monoisotopic (exact) mass is 404 g/mol. The number of benzene rings is 2. The zero-order chi connectivity index (χ0) is 18.5. The van der Waals surface area contributed by atoms with Crippen molar-refractivity contribution >= 4 is 37.9 Å². The van der Waals surface area contributed by atoms with E-state index in [4.69, 9.17) is 0 Å². The number of aromatic nitrogens is 3. The third-order valence-corrected chi connectivity index (χ3v) is 5.23. The van der Waals surface area contributed by atoms with Crippen molar-refractivity contribution in [2.24, 2.45) is 0 Å². The molecule has 0 saturated heterocycles. The number of hydrogen-bond donors (Lipinski definition) is 0. The normalized spacial score (nSPS) is 11.8. The van der Waals surface area contributed by atoms with Crippen LogP contribution in [0.15, 0.2) is 53.1 Å². The van der Waals surface area contributed by atoms with Gasteiger partial charge in [0.1, 0.15) is 11.3 Å². The largest absolute Gasteiger partial charge is 0.296 e. The van der Waals surface area contributed by atoms with E-state index in [9.17, 15) is 5.26 Å². The molecule has 2 aromatic carbocycles. The van der Waals surface area contributed by atoms with Crippen LogP contribution in [0.25, 0.3) is 27.6 Å². The number of halogens is 1. The van der Waals surface area contributed by atoms with Gasteiger partial charge in [-0.05, 0) is 56.7 Å². The molecule has 2 aromatic heterocycles. The Balaban J connectivity index is 1.98.